The first-order chi connectivity index (χ1) is 7.20. The van der Waals surface area contributed by atoms with E-state index in [1.165, 1.54) is 18.4 Å². The van der Waals surface area contributed by atoms with E-state index in [2.05, 4.69) is 59.4 Å². The van der Waals surface area contributed by atoms with E-state index in [9.17, 15) is 0 Å². The van der Waals surface area contributed by atoms with Crippen LogP contribution in [0.2, 0.25) is 0 Å². The van der Waals surface area contributed by atoms with E-state index in [-0.39, 0.29) is 0 Å². The SMILES string of the molecule is CCC1CC1NC(C)c1cccc(Br)c1. The Balaban J connectivity index is 1.93. The predicted molar refractivity (Wildman–Crippen MR) is 67.9 cm³/mol. The smallest absolute Gasteiger partial charge is 0.0294 e. The summed E-state index contributed by atoms with van der Waals surface area (Å²) in [6.07, 6.45) is 2.66. The second-order valence-electron chi connectivity index (χ2n) is 4.45. The third kappa shape index (κ3) is 2.82. The molecule has 1 nitrogen and oxygen atoms in total. The van der Waals surface area contributed by atoms with Crippen LogP contribution in [0.5, 0.6) is 0 Å². The Labute approximate surface area is 100 Å². The van der Waals surface area contributed by atoms with Crippen molar-refractivity contribution in [3.8, 4) is 0 Å². The standard InChI is InChI=1S/C13H18BrN/c1-3-10-8-13(10)15-9(2)11-5-4-6-12(14)7-11/h4-7,9-10,13,15H,3,8H2,1-2H3. The van der Waals surface area contributed by atoms with Gasteiger partial charge < -0.3 is 5.32 Å². The van der Waals surface area contributed by atoms with Gasteiger partial charge in [0.05, 0.1) is 0 Å². The molecule has 2 rings (SSSR count). The van der Waals surface area contributed by atoms with Crippen LogP contribution in [0.4, 0.5) is 0 Å². The molecule has 82 valence electrons. The van der Waals surface area contributed by atoms with Crippen LogP contribution in [-0.2, 0) is 0 Å². The highest BCUT2D eigenvalue weighted by Gasteiger charge is 2.35. The van der Waals surface area contributed by atoms with E-state index in [0.717, 1.165) is 16.4 Å². The summed E-state index contributed by atoms with van der Waals surface area (Å²) >= 11 is 3.51. The predicted octanol–water partition coefficient (Wildman–Crippen LogP) is 3.90. The van der Waals surface area contributed by atoms with Gasteiger partial charge in [0.15, 0.2) is 0 Å². The van der Waals surface area contributed by atoms with Crippen molar-refractivity contribution in [3.63, 3.8) is 0 Å². The molecule has 2 heteroatoms. The van der Waals surface area contributed by atoms with Gasteiger partial charge in [-0.25, -0.2) is 0 Å². The second kappa shape index (κ2) is 4.67. The van der Waals surface area contributed by atoms with Crippen LogP contribution < -0.4 is 5.32 Å². The summed E-state index contributed by atoms with van der Waals surface area (Å²) in [6.45, 7) is 4.52. The van der Waals surface area contributed by atoms with Gasteiger partial charge >= 0.3 is 0 Å². The molecule has 1 saturated carbocycles. The van der Waals surface area contributed by atoms with Crippen LogP contribution >= 0.6 is 15.9 Å². The second-order valence-corrected chi connectivity index (χ2v) is 5.37. The Morgan fingerprint density at radius 1 is 1.53 bits per heavy atom. The quantitative estimate of drug-likeness (QED) is 0.873. The van der Waals surface area contributed by atoms with Crippen LogP contribution in [-0.4, -0.2) is 6.04 Å². The summed E-state index contributed by atoms with van der Waals surface area (Å²) in [5.41, 5.74) is 1.37. The van der Waals surface area contributed by atoms with Crippen LogP contribution in [0.15, 0.2) is 28.7 Å². The van der Waals surface area contributed by atoms with Crippen LogP contribution in [0.1, 0.15) is 38.3 Å². The Hall–Kier alpha value is -0.340. The highest BCUT2D eigenvalue weighted by molar-refractivity contribution is 9.10. The zero-order chi connectivity index (χ0) is 10.8. The summed E-state index contributed by atoms with van der Waals surface area (Å²) in [5.74, 6) is 0.916. The number of benzene rings is 1. The summed E-state index contributed by atoms with van der Waals surface area (Å²) in [7, 11) is 0. The molecule has 0 saturated heterocycles. The molecule has 1 N–H and O–H groups in total. The van der Waals surface area contributed by atoms with Gasteiger partial charge in [-0.2, -0.15) is 0 Å². The minimum Gasteiger partial charge on any atom is -0.307 e. The van der Waals surface area contributed by atoms with Crippen molar-refractivity contribution in [2.24, 2.45) is 5.92 Å². The largest absolute Gasteiger partial charge is 0.307 e. The lowest BCUT2D eigenvalue weighted by Crippen LogP contribution is -2.22. The Morgan fingerprint density at radius 2 is 2.33 bits per heavy atom. The topological polar surface area (TPSA) is 12.0 Å². The van der Waals surface area contributed by atoms with Gasteiger partial charge in [0.25, 0.3) is 0 Å². The maximum atomic E-state index is 3.68. The van der Waals surface area contributed by atoms with E-state index in [1.54, 1.807) is 0 Å². The molecule has 0 aromatic heterocycles. The number of nitrogens with one attached hydrogen (secondary N) is 1. The number of rotatable bonds is 4. The van der Waals surface area contributed by atoms with Gasteiger partial charge in [-0.15, -0.1) is 0 Å². The zero-order valence-corrected chi connectivity index (χ0v) is 10.9. The molecule has 0 bridgehead atoms. The van der Waals surface area contributed by atoms with Gasteiger partial charge in [-0.1, -0.05) is 41.4 Å². The first kappa shape index (κ1) is 11.2. The van der Waals surface area contributed by atoms with Crippen molar-refractivity contribution < 1.29 is 0 Å². The van der Waals surface area contributed by atoms with Crippen molar-refractivity contribution in [1.29, 1.82) is 0 Å². The van der Waals surface area contributed by atoms with Crippen molar-refractivity contribution >= 4 is 15.9 Å². The lowest BCUT2D eigenvalue weighted by molar-refractivity contribution is 0.539. The van der Waals surface area contributed by atoms with E-state index in [1.807, 2.05) is 0 Å². The first-order valence-corrected chi connectivity index (χ1v) is 6.51. The van der Waals surface area contributed by atoms with Crippen molar-refractivity contribution in [2.75, 3.05) is 0 Å². The number of halogens is 1. The molecule has 1 fully saturated rings. The van der Waals surface area contributed by atoms with Crippen molar-refractivity contribution in [1.82, 2.24) is 5.32 Å². The summed E-state index contributed by atoms with van der Waals surface area (Å²) in [6, 6.07) is 9.77. The summed E-state index contributed by atoms with van der Waals surface area (Å²) < 4.78 is 1.16. The molecule has 1 aromatic carbocycles. The molecule has 1 aliphatic rings. The normalized spacial score (nSPS) is 26.3. The van der Waals surface area contributed by atoms with Crippen LogP contribution in [0, 0.1) is 5.92 Å². The van der Waals surface area contributed by atoms with Crippen molar-refractivity contribution in [2.45, 2.75) is 38.8 Å². The van der Waals surface area contributed by atoms with E-state index >= 15 is 0 Å². The highest BCUT2D eigenvalue weighted by atomic mass is 79.9. The van der Waals surface area contributed by atoms with Gasteiger partial charge in [0.2, 0.25) is 0 Å². The number of hydrogen-bond acceptors (Lipinski definition) is 1. The number of hydrogen-bond donors (Lipinski definition) is 1. The van der Waals surface area contributed by atoms with E-state index in [4.69, 9.17) is 0 Å². The Kier molecular flexibility index (Phi) is 3.47. The van der Waals surface area contributed by atoms with Gasteiger partial charge in [-0.05, 0) is 37.0 Å². The molecule has 0 radical (unpaired) electrons. The van der Waals surface area contributed by atoms with Crippen LogP contribution in [0.25, 0.3) is 0 Å². The van der Waals surface area contributed by atoms with Gasteiger partial charge in [0.1, 0.15) is 0 Å². The molecule has 3 unspecified atom stereocenters. The summed E-state index contributed by atoms with van der Waals surface area (Å²) in [4.78, 5) is 0. The molecule has 0 spiro atoms. The molecule has 15 heavy (non-hydrogen) atoms. The fourth-order valence-electron chi connectivity index (χ4n) is 2.10. The highest BCUT2D eigenvalue weighted by Crippen LogP contribution is 2.35. The monoisotopic (exact) mass is 267 g/mol. The van der Waals surface area contributed by atoms with Crippen LogP contribution in [0.3, 0.4) is 0 Å². The van der Waals surface area contributed by atoms with Gasteiger partial charge in [-0.3, -0.25) is 0 Å². The fraction of sp³-hybridized carbons (Fsp3) is 0.538. The molecule has 1 aliphatic carbocycles. The molecular weight excluding hydrogens is 250 g/mol. The van der Waals surface area contributed by atoms with E-state index in [0.29, 0.717) is 6.04 Å². The maximum absolute atomic E-state index is 3.68. The summed E-state index contributed by atoms with van der Waals surface area (Å²) in [5, 5.41) is 3.68. The molecule has 0 aliphatic heterocycles. The lowest BCUT2D eigenvalue weighted by Gasteiger charge is -2.14. The zero-order valence-electron chi connectivity index (χ0n) is 9.33. The Bertz CT molecular complexity index is 337. The third-order valence-corrected chi connectivity index (χ3v) is 3.75. The minimum absolute atomic E-state index is 0.462. The van der Waals surface area contributed by atoms with Gasteiger partial charge in [0, 0.05) is 16.6 Å². The molecule has 0 heterocycles. The van der Waals surface area contributed by atoms with Crippen molar-refractivity contribution in [3.05, 3.63) is 34.3 Å². The fourth-order valence-corrected chi connectivity index (χ4v) is 2.51. The molecule has 1 aromatic rings. The third-order valence-electron chi connectivity index (χ3n) is 3.26. The molecular formula is C13H18BrN. The Morgan fingerprint density at radius 3 is 2.93 bits per heavy atom. The average molecular weight is 268 g/mol. The molecule has 3 atom stereocenters. The first-order valence-electron chi connectivity index (χ1n) is 5.72. The van der Waals surface area contributed by atoms with E-state index < -0.39 is 0 Å². The minimum atomic E-state index is 0.462. The lowest BCUT2D eigenvalue weighted by atomic mass is 10.1. The molecule has 0 amide bonds. The average Bonchev–Trinajstić information content (AvgIpc) is 2.96. The maximum Gasteiger partial charge on any atom is 0.0294 e.